The molecule has 1 aliphatic rings. The third kappa shape index (κ3) is 6.14. The fourth-order valence-corrected chi connectivity index (χ4v) is 4.52. The number of nitrogens with zero attached hydrogens (tertiary/aromatic N) is 1. The summed E-state index contributed by atoms with van der Waals surface area (Å²) in [6, 6.07) is 19.3. The van der Waals surface area contributed by atoms with Crippen LogP contribution in [-0.2, 0) is 11.4 Å². The molecule has 178 valence electrons. The average molecular weight is 573 g/mol. The van der Waals surface area contributed by atoms with Crippen molar-refractivity contribution in [3.63, 3.8) is 0 Å². The molecule has 3 aromatic rings. The summed E-state index contributed by atoms with van der Waals surface area (Å²) >= 11 is 10.1. The van der Waals surface area contributed by atoms with Crippen LogP contribution in [0.3, 0.4) is 0 Å². The molecule has 1 heterocycles. The Labute approximate surface area is 220 Å². The number of amides is 2. The first-order chi connectivity index (χ1) is 16.8. The van der Waals surface area contributed by atoms with Crippen molar-refractivity contribution >= 4 is 62.3 Å². The highest BCUT2D eigenvalue weighted by Gasteiger charge is 2.36. The van der Waals surface area contributed by atoms with E-state index in [4.69, 9.17) is 21.1 Å². The minimum absolute atomic E-state index is 0.226. The molecule has 4 rings (SSSR count). The van der Waals surface area contributed by atoms with Gasteiger partial charge >= 0.3 is 0 Å². The standard InChI is InChI=1S/C26H19BrClNO5S/c1-33-23-12-17(4-11-22(23)34-15-16-2-7-19(27)8-3-16)13-24-25(31)29(26(32)35-24)14-21(30)18-5-9-20(28)10-6-18/h2-13H,14-15H2,1H3/b24-13-. The lowest BCUT2D eigenvalue weighted by molar-refractivity contribution is -0.122. The topological polar surface area (TPSA) is 72.9 Å². The van der Waals surface area contributed by atoms with Gasteiger partial charge in [0.05, 0.1) is 18.6 Å². The van der Waals surface area contributed by atoms with E-state index in [1.54, 1.807) is 48.5 Å². The van der Waals surface area contributed by atoms with Crippen molar-refractivity contribution in [1.82, 2.24) is 4.90 Å². The second kappa shape index (κ2) is 11.1. The molecule has 1 saturated heterocycles. The van der Waals surface area contributed by atoms with Crippen molar-refractivity contribution in [1.29, 1.82) is 0 Å². The van der Waals surface area contributed by atoms with Gasteiger partial charge in [0.1, 0.15) is 6.61 Å². The summed E-state index contributed by atoms with van der Waals surface area (Å²) in [5.74, 6) is 0.179. The fourth-order valence-electron chi connectivity index (χ4n) is 3.29. The summed E-state index contributed by atoms with van der Waals surface area (Å²) in [5, 5.41) is 0.000731. The van der Waals surface area contributed by atoms with E-state index in [-0.39, 0.29) is 17.2 Å². The number of ether oxygens (including phenoxy) is 2. The summed E-state index contributed by atoms with van der Waals surface area (Å²) in [7, 11) is 1.53. The van der Waals surface area contributed by atoms with Gasteiger partial charge in [-0.3, -0.25) is 19.3 Å². The van der Waals surface area contributed by atoms with Gasteiger partial charge in [0.25, 0.3) is 11.1 Å². The van der Waals surface area contributed by atoms with Gasteiger partial charge < -0.3 is 9.47 Å². The van der Waals surface area contributed by atoms with Crippen LogP contribution in [0.5, 0.6) is 11.5 Å². The molecule has 6 nitrogen and oxygen atoms in total. The molecule has 2 amide bonds. The SMILES string of the molecule is COc1cc(/C=C2\SC(=O)N(CC(=O)c3ccc(Cl)cc3)C2=O)ccc1OCc1ccc(Br)cc1. The Morgan fingerprint density at radius 3 is 2.43 bits per heavy atom. The normalized spacial score (nSPS) is 14.5. The van der Waals surface area contributed by atoms with Gasteiger partial charge in [0.2, 0.25) is 0 Å². The quantitative estimate of drug-likeness (QED) is 0.223. The smallest absolute Gasteiger partial charge is 0.293 e. The first-order valence-electron chi connectivity index (χ1n) is 10.4. The van der Waals surface area contributed by atoms with Gasteiger partial charge in [0.15, 0.2) is 17.3 Å². The zero-order valence-corrected chi connectivity index (χ0v) is 21.7. The molecule has 1 aliphatic heterocycles. The second-order valence-electron chi connectivity index (χ2n) is 7.52. The Balaban J connectivity index is 1.46. The maximum Gasteiger partial charge on any atom is 0.293 e. The minimum Gasteiger partial charge on any atom is -0.493 e. The van der Waals surface area contributed by atoms with Crippen LogP contribution in [0.4, 0.5) is 4.79 Å². The Kier molecular flexibility index (Phi) is 7.95. The summed E-state index contributed by atoms with van der Waals surface area (Å²) in [6.07, 6.45) is 1.60. The maximum atomic E-state index is 12.8. The van der Waals surface area contributed by atoms with Crippen molar-refractivity contribution in [2.45, 2.75) is 6.61 Å². The number of ketones is 1. The molecule has 0 bridgehead atoms. The number of rotatable bonds is 8. The number of carbonyl (C=O) groups excluding carboxylic acids is 3. The maximum absolute atomic E-state index is 12.8. The van der Waals surface area contributed by atoms with Gasteiger partial charge in [-0.05, 0) is 77.5 Å². The van der Waals surface area contributed by atoms with Crippen LogP contribution in [0.25, 0.3) is 6.08 Å². The molecular weight excluding hydrogens is 554 g/mol. The largest absolute Gasteiger partial charge is 0.493 e. The zero-order valence-electron chi connectivity index (χ0n) is 18.5. The van der Waals surface area contributed by atoms with E-state index < -0.39 is 11.1 Å². The second-order valence-corrected chi connectivity index (χ2v) is 9.87. The van der Waals surface area contributed by atoms with Gasteiger partial charge in [-0.2, -0.15) is 0 Å². The number of hydrogen-bond donors (Lipinski definition) is 0. The number of imide groups is 1. The lowest BCUT2D eigenvalue weighted by Crippen LogP contribution is -2.33. The van der Waals surface area contributed by atoms with Crippen molar-refractivity contribution in [3.8, 4) is 11.5 Å². The minimum atomic E-state index is -0.517. The van der Waals surface area contributed by atoms with E-state index in [1.165, 1.54) is 7.11 Å². The summed E-state index contributed by atoms with van der Waals surface area (Å²) in [4.78, 5) is 39.0. The van der Waals surface area contributed by atoms with Crippen molar-refractivity contribution in [3.05, 3.63) is 97.8 Å². The van der Waals surface area contributed by atoms with Gasteiger partial charge in [-0.1, -0.05) is 45.7 Å². The molecule has 0 unspecified atom stereocenters. The molecule has 0 radical (unpaired) electrons. The number of thioether (sulfide) groups is 1. The number of methoxy groups -OCH3 is 1. The van der Waals surface area contributed by atoms with E-state index in [0.29, 0.717) is 34.3 Å². The lowest BCUT2D eigenvalue weighted by Gasteiger charge is -2.12. The number of benzene rings is 3. The predicted octanol–water partition coefficient (Wildman–Crippen LogP) is 6.61. The highest BCUT2D eigenvalue weighted by Crippen LogP contribution is 2.35. The number of halogens is 2. The molecule has 3 aromatic carbocycles. The van der Waals surface area contributed by atoms with E-state index in [2.05, 4.69) is 15.9 Å². The molecule has 9 heteroatoms. The van der Waals surface area contributed by atoms with E-state index in [0.717, 1.165) is 26.7 Å². The van der Waals surface area contributed by atoms with Crippen LogP contribution in [0.1, 0.15) is 21.5 Å². The predicted molar refractivity (Wildman–Crippen MR) is 140 cm³/mol. The molecule has 0 spiro atoms. The molecule has 0 aromatic heterocycles. The van der Waals surface area contributed by atoms with Crippen LogP contribution in [-0.4, -0.2) is 35.5 Å². The lowest BCUT2D eigenvalue weighted by atomic mass is 10.1. The molecule has 1 fully saturated rings. The molecule has 0 N–H and O–H groups in total. The number of Topliss-reactive ketones (excluding diaryl/α,β-unsaturated/α-hetero) is 1. The average Bonchev–Trinajstić information content (AvgIpc) is 3.11. The van der Waals surface area contributed by atoms with Gasteiger partial charge in [-0.15, -0.1) is 0 Å². The molecular formula is C26H19BrClNO5S. The van der Waals surface area contributed by atoms with Crippen molar-refractivity contribution in [2.75, 3.05) is 13.7 Å². The Morgan fingerprint density at radius 1 is 1.03 bits per heavy atom. The Morgan fingerprint density at radius 2 is 1.74 bits per heavy atom. The monoisotopic (exact) mass is 571 g/mol. The highest BCUT2D eigenvalue weighted by atomic mass is 79.9. The summed E-state index contributed by atoms with van der Waals surface area (Å²) in [6.45, 7) is 0.0271. The van der Waals surface area contributed by atoms with E-state index in [1.807, 2.05) is 24.3 Å². The molecule has 35 heavy (non-hydrogen) atoms. The van der Waals surface area contributed by atoms with Crippen LogP contribution >= 0.6 is 39.3 Å². The van der Waals surface area contributed by atoms with Crippen molar-refractivity contribution in [2.24, 2.45) is 0 Å². The van der Waals surface area contributed by atoms with Crippen LogP contribution < -0.4 is 9.47 Å². The van der Waals surface area contributed by atoms with Gasteiger partial charge in [0, 0.05) is 15.1 Å². The summed E-state index contributed by atoms with van der Waals surface area (Å²) in [5.41, 5.74) is 2.04. The van der Waals surface area contributed by atoms with Crippen LogP contribution in [0, 0.1) is 0 Å². The fraction of sp³-hybridized carbons (Fsp3) is 0.115. The molecule has 0 atom stereocenters. The Hall–Kier alpha value is -3.07. The molecule has 0 aliphatic carbocycles. The summed E-state index contributed by atoms with van der Waals surface area (Å²) < 4.78 is 12.3. The highest BCUT2D eigenvalue weighted by molar-refractivity contribution is 9.10. The first kappa shape index (κ1) is 25.0. The third-order valence-electron chi connectivity index (χ3n) is 5.13. The molecule has 0 saturated carbocycles. The Bertz CT molecular complexity index is 1310. The van der Waals surface area contributed by atoms with Crippen molar-refractivity contribution < 1.29 is 23.9 Å². The first-order valence-corrected chi connectivity index (χ1v) is 12.4. The van der Waals surface area contributed by atoms with Gasteiger partial charge in [-0.25, -0.2) is 0 Å². The number of carbonyl (C=O) groups is 3. The number of hydrogen-bond acceptors (Lipinski definition) is 6. The third-order valence-corrected chi connectivity index (χ3v) is 6.82. The van der Waals surface area contributed by atoms with E-state index in [9.17, 15) is 14.4 Å². The van der Waals surface area contributed by atoms with Crippen LogP contribution in [0.15, 0.2) is 76.1 Å². The van der Waals surface area contributed by atoms with Crippen LogP contribution in [0.2, 0.25) is 5.02 Å². The van der Waals surface area contributed by atoms with E-state index >= 15 is 0 Å². The zero-order chi connectivity index (χ0) is 24.9.